The average molecular weight is 330 g/mol. The topological polar surface area (TPSA) is 12.0 Å². The minimum absolute atomic E-state index is 0.426. The van der Waals surface area contributed by atoms with E-state index < -0.39 is 0 Å². The van der Waals surface area contributed by atoms with Gasteiger partial charge in [-0.1, -0.05) is 77.0 Å². The zero-order valence-electron chi connectivity index (χ0n) is 17.0. The van der Waals surface area contributed by atoms with Crippen molar-refractivity contribution < 1.29 is 0 Å². The van der Waals surface area contributed by atoms with Crippen molar-refractivity contribution in [1.29, 1.82) is 0 Å². The van der Waals surface area contributed by atoms with Gasteiger partial charge >= 0.3 is 0 Å². The Balaban J connectivity index is 2.59. The van der Waals surface area contributed by atoms with Gasteiger partial charge < -0.3 is 5.32 Å². The van der Waals surface area contributed by atoms with Crippen LogP contribution in [0.5, 0.6) is 0 Å². The van der Waals surface area contributed by atoms with Gasteiger partial charge in [-0.15, -0.1) is 0 Å². The fourth-order valence-corrected chi connectivity index (χ4v) is 3.07. The highest BCUT2D eigenvalue weighted by atomic mass is 14.9. The maximum Gasteiger partial charge on any atom is 0.0334 e. The third-order valence-corrected chi connectivity index (χ3v) is 5.83. The number of rotatable bonds is 11. The van der Waals surface area contributed by atoms with Crippen molar-refractivity contribution in [2.75, 3.05) is 6.54 Å². The third kappa shape index (κ3) is 6.71. The van der Waals surface area contributed by atoms with Crippen LogP contribution in [-0.4, -0.2) is 6.54 Å². The molecular weight excluding hydrogens is 290 g/mol. The maximum atomic E-state index is 4.16. The molecule has 1 aliphatic carbocycles. The molecule has 1 saturated carbocycles. The monoisotopic (exact) mass is 329 g/mol. The molecule has 1 N–H and O–H groups in total. The lowest BCUT2D eigenvalue weighted by Crippen LogP contribution is -2.21. The van der Waals surface area contributed by atoms with Gasteiger partial charge in [-0.3, -0.25) is 0 Å². The molecule has 1 atom stereocenters. The SMILES string of the molecule is C=C(/C=C\C(C)=C(/C)CC(C)(CC)CCC)C(=C)NCC1(C)CC1. The zero-order chi connectivity index (χ0) is 18.4. The van der Waals surface area contributed by atoms with E-state index in [9.17, 15) is 0 Å². The Hall–Kier alpha value is -1.24. The van der Waals surface area contributed by atoms with E-state index >= 15 is 0 Å². The molecule has 1 unspecified atom stereocenters. The molecule has 0 amide bonds. The van der Waals surface area contributed by atoms with E-state index in [1.165, 1.54) is 49.7 Å². The smallest absolute Gasteiger partial charge is 0.0334 e. The standard InChI is InChI=1S/C23H39N/c1-9-13-22(7,10-2)16-20(5)18(3)11-12-19(4)21(6)24-17-23(8)14-15-23/h11-12,24H,4,6,9-10,13-17H2,1-3,5,7-8H3/b12-11-,20-18+. The van der Waals surface area contributed by atoms with Crippen molar-refractivity contribution in [3.8, 4) is 0 Å². The van der Waals surface area contributed by atoms with Crippen LogP contribution >= 0.6 is 0 Å². The lowest BCUT2D eigenvalue weighted by atomic mass is 9.77. The van der Waals surface area contributed by atoms with Crippen LogP contribution in [0.15, 0.2) is 47.7 Å². The van der Waals surface area contributed by atoms with Gasteiger partial charge in [0.15, 0.2) is 0 Å². The molecule has 1 fully saturated rings. The molecule has 0 bridgehead atoms. The zero-order valence-corrected chi connectivity index (χ0v) is 17.0. The number of nitrogens with one attached hydrogen (secondary N) is 1. The van der Waals surface area contributed by atoms with Crippen molar-refractivity contribution in [2.45, 2.75) is 80.1 Å². The van der Waals surface area contributed by atoms with Crippen LogP contribution in [0.2, 0.25) is 0 Å². The van der Waals surface area contributed by atoms with Gasteiger partial charge in [0.05, 0.1) is 0 Å². The second-order valence-corrected chi connectivity index (χ2v) is 8.56. The van der Waals surface area contributed by atoms with Gasteiger partial charge in [0.25, 0.3) is 0 Å². The van der Waals surface area contributed by atoms with Crippen molar-refractivity contribution in [2.24, 2.45) is 10.8 Å². The molecule has 0 aromatic carbocycles. The summed E-state index contributed by atoms with van der Waals surface area (Å²) in [6.45, 7) is 23.1. The van der Waals surface area contributed by atoms with Crippen LogP contribution in [0.25, 0.3) is 0 Å². The molecule has 0 heterocycles. The van der Waals surface area contributed by atoms with Crippen molar-refractivity contribution in [1.82, 2.24) is 5.32 Å². The highest BCUT2D eigenvalue weighted by Gasteiger charge is 2.36. The Bertz CT molecular complexity index is 516. The minimum atomic E-state index is 0.426. The Morgan fingerprint density at radius 2 is 1.79 bits per heavy atom. The van der Waals surface area contributed by atoms with Crippen LogP contribution in [0.4, 0.5) is 0 Å². The molecular formula is C23H39N. The Morgan fingerprint density at radius 1 is 1.17 bits per heavy atom. The predicted molar refractivity (Wildman–Crippen MR) is 109 cm³/mol. The van der Waals surface area contributed by atoms with Crippen molar-refractivity contribution in [3.63, 3.8) is 0 Å². The van der Waals surface area contributed by atoms with E-state index in [1.54, 1.807) is 0 Å². The van der Waals surface area contributed by atoms with Gasteiger partial charge in [0, 0.05) is 12.2 Å². The van der Waals surface area contributed by atoms with Crippen LogP contribution in [0.1, 0.15) is 80.1 Å². The van der Waals surface area contributed by atoms with E-state index in [-0.39, 0.29) is 0 Å². The Kier molecular flexibility index (Phi) is 7.57. The third-order valence-electron chi connectivity index (χ3n) is 5.83. The Labute approximate surface area is 151 Å². The van der Waals surface area contributed by atoms with E-state index in [0.29, 0.717) is 10.8 Å². The minimum Gasteiger partial charge on any atom is -0.385 e. The van der Waals surface area contributed by atoms with Gasteiger partial charge in [0.2, 0.25) is 0 Å². The van der Waals surface area contributed by atoms with Crippen LogP contribution < -0.4 is 5.32 Å². The fraction of sp³-hybridized carbons (Fsp3) is 0.652. The molecule has 1 nitrogen and oxygen atoms in total. The van der Waals surface area contributed by atoms with E-state index in [1.807, 2.05) is 0 Å². The molecule has 0 radical (unpaired) electrons. The van der Waals surface area contributed by atoms with Crippen LogP contribution in [0, 0.1) is 10.8 Å². The molecule has 0 saturated heterocycles. The highest BCUT2D eigenvalue weighted by Crippen LogP contribution is 2.44. The molecule has 0 aromatic rings. The first-order valence-corrected chi connectivity index (χ1v) is 9.61. The van der Waals surface area contributed by atoms with E-state index in [2.05, 4.69) is 72.2 Å². The van der Waals surface area contributed by atoms with Gasteiger partial charge in [0.1, 0.15) is 0 Å². The highest BCUT2D eigenvalue weighted by molar-refractivity contribution is 5.38. The lowest BCUT2D eigenvalue weighted by molar-refractivity contribution is 0.278. The summed E-state index contributed by atoms with van der Waals surface area (Å²) < 4.78 is 0. The van der Waals surface area contributed by atoms with E-state index in [0.717, 1.165) is 17.8 Å². The number of hydrogen-bond acceptors (Lipinski definition) is 1. The molecule has 136 valence electrons. The normalized spacial score (nSPS) is 19.6. The largest absolute Gasteiger partial charge is 0.385 e. The summed E-state index contributed by atoms with van der Waals surface area (Å²) in [5.41, 5.74) is 5.70. The molecule has 0 aliphatic heterocycles. The lowest BCUT2D eigenvalue weighted by Gasteiger charge is -2.29. The molecule has 0 spiro atoms. The van der Waals surface area contributed by atoms with Crippen molar-refractivity contribution >= 4 is 0 Å². The van der Waals surface area contributed by atoms with Crippen LogP contribution in [0.3, 0.4) is 0 Å². The summed E-state index contributed by atoms with van der Waals surface area (Å²) >= 11 is 0. The summed E-state index contributed by atoms with van der Waals surface area (Å²) in [4.78, 5) is 0. The summed E-state index contributed by atoms with van der Waals surface area (Å²) in [5, 5.41) is 3.44. The van der Waals surface area contributed by atoms with Crippen molar-refractivity contribution in [3.05, 3.63) is 47.7 Å². The average Bonchev–Trinajstić information content (AvgIpc) is 3.28. The first-order valence-electron chi connectivity index (χ1n) is 9.61. The molecule has 24 heavy (non-hydrogen) atoms. The molecule has 1 rings (SSSR count). The quantitative estimate of drug-likeness (QED) is 0.405. The van der Waals surface area contributed by atoms with Crippen LogP contribution in [-0.2, 0) is 0 Å². The Morgan fingerprint density at radius 3 is 2.29 bits per heavy atom. The summed E-state index contributed by atoms with van der Waals surface area (Å²) in [6.07, 6.45) is 11.9. The maximum absolute atomic E-state index is 4.16. The predicted octanol–water partition coefficient (Wildman–Crippen LogP) is 6.95. The molecule has 1 heteroatoms. The fourth-order valence-electron chi connectivity index (χ4n) is 3.07. The first-order chi connectivity index (χ1) is 11.1. The second kappa shape index (κ2) is 8.74. The first kappa shape index (κ1) is 20.8. The van der Waals surface area contributed by atoms with E-state index in [4.69, 9.17) is 0 Å². The van der Waals surface area contributed by atoms with Gasteiger partial charge in [-0.2, -0.15) is 0 Å². The summed E-state index contributed by atoms with van der Waals surface area (Å²) in [6, 6.07) is 0. The number of allylic oxidation sites excluding steroid dienone is 4. The van der Waals surface area contributed by atoms with Gasteiger partial charge in [-0.05, 0) is 55.9 Å². The van der Waals surface area contributed by atoms with Gasteiger partial charge in [-0.25, -0.2) is 0 Å². The number of hydrogen-bond donors (Lipinski definition) is 1. The summed E-state index contributed by atoms with van der Waals surface area (Å²) in [7, 11) is 0. The second-order valence-electron chi connectivity index (χ2n) is 8.56. The molecule has 1 aliphatic rings. The molecule has 0 aromatic heterocycles. The summed E-state index contributed by atoms with van der Waals surface area (Å²) in [5.74, 6) is 0.